The summed E-state index contributed by atoms with van der Waals surface area (Å²) in [5.74, 6) is 1.39. The van der Waals surface area contributed by atoms with Crippen molar-refractivity contribution in [3.8, 4) is 11.5 Å². The van der Waals surface area contributed by atoms with E-state index in [0.717, 1.165) is 10.0 Å². The molecule has 0 unspecified atom stereocenters. The van der Waals surface area contributed by atoms with Gasteiger partial charge in [0.1, 0.15) is 21.3 Å². The SMILES string of the molecule is C=COc1cc(OCCCS(C)(=O)=O)cc(C)c1Br. The summed E-state index contributed by atoms with van der Waals surface area (Å²) >= 11 is 3.42. The fraction of sp³-hybridized carbons (Fsp3) is 0.385. The highest BCUT2D eigenvalue weighted by Gasteiger charge is 2.08. The number of ether oxygens (including phenoxy) is 2. The van der Waals surface area contributed by atoms with Crippen molar-refractivity contribution in [1.82, 2.24) is 0 Å². The molecular formula is C13H17BrO4S. The maximum Gasteiger partial charge on any atom is 0.147 e. The predicted molar refractivity (Wildman–Crippen MR) is 79.5 cm³/mol. The molecule has 0 aliphatic carbocycles. The molecule has 0 amide bonds. The summed E-state index contributed by atoms with van der Waals surface area (Å²) in [5.41, 5.74) is 0.970. The zero-order valence-electron chi connectivity index (χ0n) is 11.0. The van der Waals surface area contributed by atoms with E-state index in [4.69, 9.17) is 9.47 Å². The lowest BCUT2D eigenvalue weighted by Crippen LogP contribution is -2.08. The van der Waals surface area contributed by atoms with Crippen LogP contribution in [0, 0.1) is 6.92 Å². The Labute approximate surface area is 122 Å². The van der Waals surface area contributed by atoms with Crippen LogP contribution < -0.4 is 9.47 Å². The maximum absolute atomic E-state index is 11.0. The monoisotopic (exact) mass is 348 g/mol. The second kappa shape index (κ2) is 6.96. The van der Waals surface area contributed by atoms with E-state index >= 15 is 0 Å². The third kappa shape index (κ3) is 5.65. The van der Waals surface area contributed by atoms with Crippen LogP contribution in [-0.4, -0.2) is 27.0 Å². The number of halogens is 1. The number of aryl methyl sites for hydroxylation is 1. The Morgan fingerprint density at radius 2 is 2.11 bits per heavy atom. The molecule has 106 valence electrons. The summed E-state index contributed by atoms with van der Waals surface area (Å²) in [7, 11) is -2.94. The summed E-state index contributed by atoms with van der Waals surface area (Å²) < 4.78 is 33.6. The van der Waals surface area contributed by atoms with Crippen molar-refractivity contribution >= 4 is 25.8 Å². The summed E-state index contributed by atoms with van der Waals surface area (Å²) in [5, 5.41) is 0. The minimum absolute atomic E-state index is 0.124. The normalized spacial score (nSPS) is 11.1. The molecule has 0 atom stereocenters. The highest BCUT2D eigenvalue weighted by atomic mass is 79.9. The Balaban J connectivity index is 2.66. The van der Waals surface area contributed by atoms with Crippen LogP contribution in [-0.2, 0) is 9.84 Å². The molecule has 0 N–H and O–H groups in total. The van der Waals surface area contributed by atoms with Crippen LogP contribution in [0.3, 0.4) is 0 Å². The minimum Gasteiger partial charge on any atom is -0.493 e. The van der Waals surface area contributed by atoms with E-state index < -0.39 is 9.84 Å². The van der Waals surface area contributed by atoms with E-state index in [-0.39, 0.29) is 5.75 Å². The van der Waals surface area contributed by atoms with E-state index in [9.17, 15) is 8.42 Å². The van der Waals surface area contributed by atoms with Gasteiger partial charge in [-0.2, -0.15) is 0 Å². The summed E-state index contributed by atoms with van der Waals surface area (Å²) in [6.45, 7) is 5.78. The minimum atomic E-state index is -2.94. The fourth-order valence-corrected chi connectivity index (χ4v) is 2.44. The maximum atomic E-state index is 11.0. The van der Waals surface area contributed by atoms with Gasteiger partial charge in [-0.05, 0) is 40.9 Å². The Morgan fingerprint density at radius 3 is 2.68 bits per heavy atom. The Kier molecular flexibility index (Phi) is 5.87. The van der Waals surface area contributed by atoms with Crippen LogP contribution in [0.1, 0.15) is 12.0 Å². The second-order valence-electron chi connectivity index (χ2n) is 4.17. The summed E-state index contributed by atoms with van der Waals surface area (Å²) in [6.07, 6.45) is 3.02. The van der Waals surface area contributed by atoms with E-state index in [2.05, 4.69) is 22.5 Å². The molecule has 6 heteroatoms. The van der Waals surface area contributed by atoms with Gasteiger partial charge in [-0.3, -0.25) is 0 Å². The first-order chi connectivity index (χ1) is 8.83. The van der Waals surface area contributed by atoms with Crippen molar-refractivity contribution in [3.63, 3.8) is 0 Å². The van der Waals surface area contributed by atoms with Gasteiger partial charge in [0, 0.05) is 12.3 Å². The fourth-order valence-electron chi connectivity index (χ4n) is 1.48. The molecule has 0 aromatic heterocycles. The number of benzene rings is 1. The zero-order chi connectivity index (χ0) is 14.5. The Morgan fingerprint density at radius 1 is 1.42 bits per heavy atom. The van der Waals surface area contributed by atoms with E-state index in [1.54, 1.807) is 6.07 Å². The number of sulfone groups is 1. The largest absolute Gasteiger partial charge is 0.493 e. The standard InChI is InChI=1S/C13H17BrO4S/c1-4-17-12-9-11(8-10(2)13(12)14)18-6-5-7-19(3,15)16/h4,8-9H,1,5-7H2,2-3H3. The lowest BCUT2D eigenvalue weighted by Gasteiger charge is -2.11. The third-order valence-corrected chi connectivity index (χ3v) is 4.38. The van der Waals surface area contributed by atoms with Gasteiger partial charge >= 0.3 is 0 Å². The topological polar surface area (TPSA) is 52.6 Å². The molecule has 1 rings (SSSR count). The van der Waals surface area contributed by atoms with Gasteiger partial charge in [0.2, 0.25) is 0 Å². The predicted octanol–water partition coefficient (Wildman–Crippen LogP) is 3.09. The molecule has 0 saturated carbocycles. The van der Waals surface area contributed by atoms with E-state index in [0.29, 0.717) is 24.5 Å². The lowest BCUT2D eigenvalue weighted by molar-refractivity contribution is 0.315. The van der Waals surface area contributed by atoms with Crippen molar-refractivity contribution in [3.05, 3.63) is 35.0 Å². The van der Waals surface area contributed by atoms with E-state index in [1.807, 2.05) is 13.0 Å². The van der Waals surface area contributed by atoms with Gasteiger partial charge in [0.25, 0.3) is 0 Å². The molecule has 0 heterocycles. The number of rotatable bonds is 7. The average Bonchev–Trinajstić information content (AvgIpc) is 2.30. The van der Waals surface area contributed by atoms with Crippen LogP contribution in [0.25, 0.3) is 0 Å². The molecule has 1 aromatic carbocycles. The molecule has 0 aliphatic heterocycles. The summed E-state index contributed by atoms with van der Waals surface area (Å²) in [6, 6.07) is 3.60. The van der Waals surface area contributed by atoms with Crippen LogP contribution in [0.4, 0.5) is 0 Å². The number of hydrogen-bond acceptors (Lipinski definition) is 4. The highest BCUT2D eigenvalue weighted by molar-refractivity contribution is 9.10. The molecule has 4 nitrogen and oxygen atoms in total. The van der Waals surface area contributed by atoms with Crippen LogP contribution in [0.5, 0.6) is 11.5 Å². The van der Waals surface area contributed by atoms with Gasteiger partial charge in [0.05, 0.1) is 23.1 Å². The van der Waals surface area contributed by atoms with E-state index in [1.165, 1.54) is 12.5 Å². The van der Waals surface area contributed by atoms with Gasteiger partial charge in [-0.25, -0.2) is 8.42 Å². The van der Waals surface area contributed by atoms with Crippen molar-refractivity contribution < 1.29 is 17.9 Å². The first-order valence-electron chi connectivity index (χ1n) is 5.71. The zero-order valence-corrected chi connectivity index (χ0v) is 13.4. The first kappa shape index (κ1) is 16.0. The second-order valence-corrected chi connectivity index (χ2v) is 7.22. The highest BCUT2D eigenvalue weighted by Crippen LogP contribution is 2.33. The van der Waals surface area contributed by atoms with Crippen LogP contribution in [0.2, 0.25) is 0 Å². The Hall–Kier alpha value is -1.01. The lowest BCUT2D eigenvalue weighted by atomic mass is 10.2. The summed E-state index contributed by atoms with van der Waals surface area (Å²) in [4.78, 5) is 0. The third-order valence-electron chi connectivity index (χ3n) is 2.33. The molecular weight excluding hydrogens is 332 g/mol. The smallest absolute Gasteiger partial charge is 0.147 e. The first-order valence-corrected chi connectivity index (χ1v) is 8.57. The quantitative estimate of drug-likeness (QED) is 0.561. The number of hydrogen-bond donors (Lipinski definition) is 0. The van der Waals surface area contributed by atoms with Crippen molar-refractivity contribution in [2.45, 2.75) is 13.3 Å². The van der Waals surface area contributed by atoms with Gasteiger partial charge in [-0.1, -0.05) is 6.58 Å². The molecule has 0 fully saturated rings. The molecule has 0 radical (unpaired) electrons. The molecule has 1 aromatic rings. The molecule has 0 bridgehead atoms. The van der Waals surface area contributed by atoms with Crippen molar-refractivity contribution in [2.75, 3.05) is 18.6 Å². The van der Waals surface area contributed by atoms with Crippen LogP contribution >= 0.6 is 15.9 Å². The van der Waals surface area contributed by atoms with Crippen LogP contribution in [0.15, 0.2) is 29.4 Å². The van der Waals surface area contributed by atoms with Gasteiger partial charge < -0.3 is 9.47 Å². The Bertz CT molecular complexity index is 552. The van der Waals surface area contributed by atoms with Gasteiger partial charge in [-0.15, -0.1) is 0 Å². The molecule has 19 heavy (non-hydrogen) atoms. The van der Waals surface area contributed by atoms with Crippen molar-refractivity contribution in [1.29, 1.82) is 0 Å². The molecule has 0 aliphatic rings. The molecule has 0 spiro atoms. The average molecular weight is 349 g/mol. The molecule has 0 saturated heterocycles. The van der Waals surface area contributed by atoms with Gasteiger partial charge in [0.15, 0.2) is 0 Å². The van der Waals surface area contributed by atoms with Crippen molar-refractivity contribution in [2.24, 2.45) is 0 Å².